The van der Waals surface area contributed by atoms with Gasteiger partial charge in [0, 0.05) is 16.3 Å². The van der Waals surface area contributed by atoms with Crippen molar-refractivity contribution in [3.63, 3.8) is 0 Å². The summed E-state index contributed by atoms with van der Waals surface area (Å²) < 4.78 is 39.7. The van der Waals surface area contributed by atoms with Gasteiger partial charge in [-0.05, 0) is 24.3 Å². The molecule has 0 bridgehead atoms. The Hall–Kier alpha value is -2.47. The van der Waals surface area contributed by atoms with E-state index in [4.69, 9.17) is 11.6 Å². The minimum absolute atomic E-state index is 0.0506. The number of nitrogens with zero attached hydrogens (tertiary/aromatic N) is 2. The second kappa shape index (κ2) is 4.76. The molecule has 0 aliphatic rings. The van der Waals surface area contributed by atoms with Gasteiger partial charge in [-0.2, -0.15) is 9.78 Å². The average molecular weight is 336 g/mol. The number of H-pyrrole nitrogens is 1. The topological polar surface area (TPSA) is 33.6 Å². The summed E-state index contributed by atoms with van der Waals surface area (Å²) in [5.74, 6) is 0. The lowest BCUT2D eigenvalue weighted by Crippen LogP contribution is -2.17. The van der Waals surface area contributed by atoms with Crippen LogP contribution in [0.25, 0.3) is 33.2 Å². The van der Waals surface area contributed by atoms with Crippen molar-refractivity contribution in [1.82, 2.24) is 14.8 Å². The maximum absolute atomic E-state index is 13.2. The maximum Gasteiger partial charge on any atom is 0.505 e. The quantitative estimate of drug-likeness (QED) is 0.502. The third kappa shape index (κ3) is 2.17. The highest BCUT2D eigenvalue weighted by Gasteiger charge is 2.35. The largest absolute Gasteiger partial charge is 0.505 e. The Morgan fingerprint density at radius 2 is 1.83 bits per heavy atom. The van der Waals surface area contributed by atoms with Crippen LogP contribution in [-0.2, 0) is 6.30 Å². The van der Waals surface area contributed by atoms with Crippen molar-refractivity contribution >= 4 is 33.4 Å². The molecule has 23 heavy (non-hydrogen) atoms. The fourth-order valence-corrected chi connectivity index (χ4v) is 2.97. The van der Waals surface area contributed by atoms with Crippen LogP contribution < -0.4 is 0 Å². The molecule has 0 atom stereocenters. The van der Waals surface area contributed by atoms with Crippen LogP contribution in [0.3, 0.4) is 0 Å². The SMILES string of the molecule is FC(F)(F)n1nc(-c2cc3ccccc3[nH]2)c2c(Cl)cccc21. The van der Waals surface area contributed by atoms with Crippen molar-refractivity contribution in [2.75, 3.05) is 0 Å². The zero-order chi connectivity index (χ0) is 16.2. The molecule has 0 aliphatic carbocycles. The van der Waals surface area contributed by atoms with E-state index in [0.717, 1.165) is 10.9 Å². The fourth-order valence-electron chi connectivity index (χ4n) is 2.71. The summed E-state index contributed by atoms with van der Waals surface area (Å²) in [6, 6.07) is 13.6. The normalized spacial score (nSPS) is 12.3. The van der Waals surface area contributed by atoms with Gasteiger partial charge in [-0.3, -0.25) is 0 Å². The van der Waals surface area contributed by atoms with Gasteiger partial charge >= 0.3 is 6.30 Å². The molecule has 1 N–H and O–H groups in total. The minimum atomic E-state index is -4.62. The molecular formula is C16H9ClF3N3. The molecule has 4 aromatic rings. The standard InChI is InChI=1S/C16H9ClF3N3/c17-10-5-3-7-13-14(10)15(22-23(13)16(18,19)20)12-8-9-4-1-2-6-11(9)21-12/h1-8,21H. The highest BCUT2D eigenvalue weighted by molar-refractivity contribution is 6.36. The molecule has 116 valence electrons. The Morgan fingerprint density at radius 1 is 1.04 bits per heavy atom. The Labute approximate surface area is 133 Å². The molecule has 7 heteroatoms. The molecule has 0 fully saturated rings. The Bertz CT molecular complexity index is 997. The summed E-state index contributed by atoms with van der Waals surface area (Å²) in [6.45, 7) is 0. The predicted molar refractivity (Wildman–Crippen MR) is 83.3 cm³/mol. The highest BCUT2D eigenvalue weighted by Crippen LogP contribution is 2.37. The lowest BCUT2D eigenvalue weighted by atomic mass is 10.1. The number of hydrogen-bond donors (Lipinski definition) is 1. The number of halogens is 4. The molecule has 0 spiro atoms. The maximum atomic E-state index is 13.2. The van der Waals surface area contributed by atoms with E-state index in [9.17, 15) is 13.2 Å². The van der Waals surface area contributed by atoms with Gasteiger partial charge in [0.2, 0.25) is 0 Å². The molecule has 0 amide bonds. The molecule has 0 saturated carbocycles. The number of rotatable bonds is 1. The molecule has 0 unspecified atom stereocenters. The zero-order valence-electron chi connectivity index (χ0n) is 11.5. The van der Waals surface area contributed by atoms with Crippen molar-refractivity contribution in [3.8, 4) is 11.4 Å². The molecule has 0 saturated heterocycles. The van der Waals surface area contributed by atoms with E-state index < -0.39 is 6.30 Å². The molecule has 2 heterocycles. The van der Waals surface area contributed by atoms with Crippen LogP contribution in [0, 0.1) is 0 Å². The number of aromatic amines is 1. The van der Waals surface area contributed by atoms with Crippen LogP contribution in [-0.4, -0.2) is 14.8 Å². The van der Waals surface area contributed by atoms with E-state index >= 15 is 0 Å². The van der Waals surface area contributed by atoms with Gasteiger partial charge in [0.25, 0.3) is 0 Å². The second-order valence-electron chi connectivity index (χ2n) is 5.13. The number of hydrogen-bond acceptors (Lipinski definition) is 1. The van der Waals surface area contributed by atoms with Crippen LogP contribution in [0.4, 0.5) is 13.2 Å². The summed E-state index contributed by atoms with van der Waals surface area (Å²) in [5, 5.41) is 5.16. The number of para-hydroxylation sites is 1. The second-order valence-corrected chi connectivity index (χ2v) is 5.54. The van der Waals surface area contributed by atoms with Crippen LogP contribution in [0.15, 0.2) is 48.5 Å². The van der Waals surface area contributed by atoms with E-state index in [1.165, 1.54) is 12.1 Å². The zero-order valence-corrected chi connectivity index (χ0v) is 12.3. The monoisotopic (exact) mass is 335 g/mol. The van der Waals surface area contributed by atoms with E-state index in [0.29, 0.717) is 5.69 Å². The molecular weight excluding hydrogens is 327 g/mol. The number of benzene rings is 2. The van der Waals surface area contributed by atoms with Gasteiger partial charge in [0.15, 0.2) is 0 Å². The van der Waals surface area contributed by atoms with Crippen molar-refractivity contribution in [1.29, 1.82) is 0 Å². The average Bonchev–Trinajstić information content (AvgIpc) is 3.08. The van der Waals surface area contributed by atoms with Gasteiger partial charge in [-0.25, -0.2) is 0 Å². The summed E-state index contributed by atoms with van der Waals surface area (Å²) in [5.41, 5.74) is 1.43. The number of nitrogens with one attached hydrogen (secondary N) is 1. The first-order valence-electron chi connectivity index (χ1n) is 6.78. The van der Waals surface area contributed by atoms with Gasteiger partial charge in [0.05, 0.1) is 16.2 Å². The smallest absolute Gasteiger partial charge is 0.353 e. The summed E-state index contributed by atoms with van der Waals surface area (Å²) in [4.78, 5) is 3.09. The first-order valence-corrected chi connectivity index (χ1v) is 7.15. The van der Waals surface area contributed by atoms with Gasteiger partial charge in [-0.1, -0.05) is 35.9 Å². The summed E-state index contributed by atoms with van der Waals surface area (Å²) in [7, 11) is 0. The molecule has 2 aromatic heterocycles. The lowest BCUT2D eigenvalue weighted by Gasteiger charge is -2.06. The fraction of sp³-hybridized carbons (Fsp3) is 0.0625. The highest BCUT2D eigenvalue weighted by atomic mass is 35.5. The van der Waals surface area contributed by atoms with Gasteiger partial charge < -0.3 is 4.98 Å². The predicted octanol–water partition coefficient (Wildman–Crippen LogP) is 5.31. The van der Waals surface area contributed by atoms with Crippen molar-refractivity contribution in [2.24, 2.45) is 0 Å². The third-order valence-electron chi connectivity index (χ3n) is 3.68. The number of aromatic nitrogens is 3. The summed E-state index contributed by atoms with van der Waals surface area (Å²) in [6.07, 6.45) is -4.62. The first-order chi connectivity index (χ1) is 10.9. The Balaban J connectivity index is 2.07. The molecule has 2 aromatic carbocycles. The third-order valence-corrected chi connectivity index (χ3v) is 4.00. The molecule has 0 aliphatic heterocycles. The van der Waals surface area contributed by atoms with Crippen LogP contribution in [0.5, 0.6) is 0 Å². The van der Waals surface area contributed by atoms with Crippen molar-refractivity contribution in [2.45, 2.75) is 6.30 Å². The lowest BCUT2D eigenvalue weighted by molar-refractivity contribution is -0.208. The van der Waals surface area contributed by atoms with Crippen molar-refractivity contribution < 1.29 is 13.2 Å². The molecule has 4 rings (SSSR count). The molecule has 3 nitrogen and oxygen atoms in total. The van der Waals surface area contributed by atoms with E-state index in [1.807, 2.05) is 24.3 Å². The minimum Gasteiger partial charge on any atom is -0.353 e. The van der Waals surface area contributed by atoms with Crippen LogP contribution >= 0.6 is 11.6 Å². The van der Waals surface area contributed by atoms with E-state index in [1.54, 1.807) is 12.1 Å². The van der Waals surface area contributed by atoms with Crippen LogP contribution in [0.1, 0.15) is 0 Å². The molecule has 0 radical (unpaired) electrons. The first kappa shape index (κ1) is 14.1. The van der Waals surface area contributed by atoms with Gasteiger partial charge in [-0.15, -0.1) is 13.2 Å². The number of alkyl halides is 3. The Morgan fingerprint density at radius 3 is 2.57 bits per heavy atom. The van der Waals surface area contributed by atoms with E-state index in [-0.39, 0.29) is 26.3 Å². The van der Waals surface area contributed by atoms with E-state index in [2.05, 4.69) is 10.1 Å². The summed E-state index contributed by atoms with van der Waals surface area (Å²) >= 11 is 6.14. The Kier molecular flexibility index (Phi) is 2.93. The number of fused-ring (bicyclic) bond motifs is 2. The van der Waals surface area contributed by atoms with Crippen LogP contribution in [0.2, 0.25) is 5.02 Å². The van der Waals surface area contributed by atoms with Gasteiger partial charge in [0.1, 0.15) is 5.69 Å². The van der Waals surface area contributed by atoms with Crippen molar-refractivity contribution in [3.05, 3.63) is 53.6 Å².